The zero-order valence-corrected chi connectivity index (χ0v) is 18.6. The minimum Gasteiger partial charge on any atom is -0.454 e. The van der Waals surface area contributed by atoms with Crippen LogP contribution in [0.2, 0.25) is 0 Å². The molecule has 4 aromatic rings. The molecule has 7 nitrogen and oxygen atoms in total. The van der Waals surface area contributed by atoms with Gasteiger partial charge in [0.1, 0.15) is 16.9 Å². The van der Waals surface area contributed by atoms with E-state index < -0.39 is 5.60 Å². The van der Waals surface area contributed by atoms with Crippen LogP contribution in [-0.2, 0) is 15.1 Å². The molecule has 2 aromatic heterocycles. The van der Waals surface area contributed by atoms with Crippen LogP contribution in [0.5, 0.6) is 0 Å². The highest BCUT2D eigenvalue weighted by atomic mass is 16.5. The first-order valence-electron chi connectivity index (χ1n) is 11.4. The van der Waals surface area contributed by atoms with Crippen molar-refractivity contribution in [2.75, 3.05) is 39.5 Å². The van der Waals surface area contributed by atoms with Crippen LogP contribution < -0.4 is 0 Å². The summed E-state index contributed by atoms with van der Waals surface area (Å²) in [5, 5.41) is 10.5. The Morgan fingerprint density at radius 1 is 0.941 bits per heavy atom. The normalized spacial score (nSPS) is 17.5. The molecule has 7 heteroatoms. The Labute approximate surface area is 196 Å². The molecular weight excluding hydrogens is 432 g/mol. The van der Waals surface area contributed by atoms with Crippen LogP contribution in [0.3, 0.4) is 0 Å². The summed E-state index contributed by atoms with van der Waals surface area (Å²) in [6, 6.07) is 19.1. The number of pyridine rings is 1. The molecule has 6 rings (SSSR count). The van der Waals surface area contributed by atoms with Crippen molar-refractivity contribution in [3.05, 3.63) is 78.0 Å². The maximum absolute atomic E-state index is 13.0. The summed E-state index contributed by atoms with van der Waals surface area (Å²) in [6.45, 7) is 2.98. The Balaban J connectivity index is 1.33. The van der Waals surface area contributed by atoms with Gasteiger partial charge in [-0.3, -0.25) is 9.78 Å². The van der Waals surface area contributed by atoms with Crippen molar-refractivity contribution in [3.8, 4) is 22.5 Å². The zero-order valence-electron chi connectivity index (χ0n) is 18.6. The predicted molar refractivity (Wildman–Crippen MR) is 126 cm³/mol. The molecule has 1 N–H and O–H groups in total. The maximum Gasteiger partial charge on any atom is 0.254 e. The predicted octanol–water partition coefficient (Wildman–Crippen LogP) is 3.85. The van der Waals surface area contributed by atoms with Gasteiger partial charge < -0.3 is 23.9 Å². The number of amides is 1. The number of carbonyl (C=O) groups is 1. The average molecular weight is 456 g/mol. The smallest absolute Gasteiger partial charge is 0.254 e. The lowest BCUT2D eigenvalue weighted by molar-refractivity contribution is -0.184. The Morgan fingerprint density at radius 2 is 1.74 bits per heavy atom. The van der Waals surface area contributed by atoms with E-state index in [4.69, 9.17) is 13.9 Å². The molecule has 4 heterocycles. The van der Waals surface area contributed by atoms with Crippen molar-refractivity contribution in [1.29, 1.82) is 0 Å². The van der Waals surface area contributed by atoms with E-state index in [-0.39, 0.29) is 5.91 Å². The van der Waals surface area contributed by atoms with E-state index in [2.05, 4.69) is 4.98 Å². The molecule has 2 fully saturated rings. The van der Waals surface area contributed by atoms with E-state index in [9.17, 15) is 9.90 Å². The van der Waals surface area contributed by atoms with Gasteiger partial charge in [0.2, 0.25) is 0 Å². The van der Waals surface area contributed by atoms with Crippen LogP contribution in [-0.4, -0.2) is 60.4 Å². The highest BCUT2D eigenvalue weighted by molar-refractivity contribution is 5.98. The monoisotopic (exact) mass is 456 g/mol. The zero-order chi connectivity index (χ0) is 23.1. The third kappa shape index (κ3) is 3.68. The minimum absolute atomic E-state index is 0.00851. The molecule has 34 heavy (non-hydrogen) atoms. The Morgan fingerprint density at radius 3 is 2.47 bits per heavy atom. The van der Waals surface area contributed by atoms with Crippen molar-refractivity contribution >= 4 is 17.0 Å². The van der Waals surface area contributed by atoms with Crippen LogP contribution in [0.4, 0.5) is 0 Å². The molecule has 0 saturated carbocycles. The maximum atomic E-state index is 13.0. The largest absolute Gasteiger partial charge is 0.454 e. The second kappa shape index (κ2) is 8.36. The number of rotatable bonds is 4. The number of ether oxygens (including phenoxy) is 2. The number of furan rings is 1. The van der Waals surface area contributed by atoms with Crippen molar-refractivity contribution < 1.29 is 23.8 Å². The topological polar surface area (TPSA) is 85.0 Å². The van der Waals surface area contributed by atoms with Gasteiger partial charge in [-0.15, -0.1) is 0 Å². The number of nitrogens with zero attached hydrogens (tertiary/aromatic N) is 2. The van der Waals surface area contributed by atoms with Crippen LogP contribution in [0, 0.1) is 0 Å². The van der Waals surface area contributed by atoms with Gasteiger partial charge in [0, 0.05) is 42.0 Å². The number of aromatic nitrogens is 1. The summed E-state index contributed by atoms with van der Waals surface area (Å²) in [5.41, 5.74) is 4.67. The van der Waals surface area contributed by atoms with Crippen LogP contribution in [0.15, 0.2) is 71.3 Å². The first-order chi connectivity index (χ1) is 16.6. The third-order valence-corrected chi connectivity index (χ3v) is 6.52. The third-order valence-electron chi connectivity index (χ3n) is 6.52. The van der Waals surface area contributed by atoms with E-state index in [1.807, 2.05) is 65.6 Å². The quantitative estimate of drug-likeness (QED) is 0.502. The summed E-state index contributed by atoms with van der Waals surface area (Å²) < 4.78 is 16.8. The van der Waals surface area contributed by atoms with Crippen LogP contribution in [0.1, 0.15) is 15.9 Å². The van der Waals surface area contributed by atoms with Crippen molar-refractivity contribution in [1.82, 2.24) is 9.88 Å². The van der Waals surface area contributed by atoms with Gasteiger partial charge in [0.25, 0.3) is 5.91 Å². The van der Waals surface area contributed by atoms with E-state index >= 15 is 0 Å². The standard InChI is InChI=1S/C27H24N2O5/c30-26(29-10-12-32-13-11-29)20-3-1-2-19(14-20)22-8-9-28-23-15-24(34-25(22)23)18-4-6-21(7-5-18)27(31)16-33-17-27/h1-9,14-15,31H,10-13,16-17H2. The summed E-state index contributed by atoms with van der Waals surface area (Å²) in [6.07, 6.45) is 1.75. The number of hydrogen-bond donors (Lipinski definition) is 1. The molecule has 0 spiro atoms. The molecule has 0 atom stereocenters. The highest BCUT2D eigenvalue weighted by Gasteiger charge is 2.37. The Bertz CT molecular complexity index is 1350. The summed E-state index contributed by atoms with van der Waals surface area (Å²) >= 11 is 0. The molecule has 1 amide bonds. The van der Waals surface area contributed by atoms with Crippen LogP contribution in [0.25, 0.3) is 33.6 Å². The lowest BCUT2D eigenvalue weighted by Crippen LogP contribution is -2.46. The van der Waals surface area contributed by atoms with E-state index in [1.54, 1.807) is 6.20 Å². The van der Waals surface area contributed by atoms with Crippen molar-refractivity contribution in [2.24, 2.45) is 0 Å². The molecule has 0 unspecified atom stereocenters. The highest BCUT2D eigenvalue weighted by Crippen LogP contribution is 2.35. The molecule has 0 radical (unpaired) electrons. The lowest BCUT2D eigenvalue weighted by atomic mass is 9.91. The summed E-state index contributed by atoms with van der Waals surface area (Å²) in [7, 11) is 0. The Kier molecular flexibility index (Phi) is 5.17. The molecule has 172 valence electrons. The van der Waals surface area contributed by atoms with Gasteiger partial charge in [0.05, 0.1) is 26.4 Å². The number of fused-ring (bicyclic) bond motifs is 1. The molecule has 2 aliphatic rings. The SMILES string of the molecule is O=C(c1cccc(-c2ccnc3cc(-c4ccc(C5(O)COC5)cc4)oc23)c1)N1CCOCC1. The fourth-order valence-electron chi connectivity index (χ4n) is 4.48. The van der Waals surface area contributed by atoms with Gasteiger partial charge in [-0.05, 0) is 29.3 Å². The van der Waals surface area contributed by atoms with Crippen LogP contribution >= 0.6 is 0 Å². The fraction of sp³-hybridized carbons (Fsp3) is 0.259. The average Bonchev–Trinajstić information content (AvgIpc) is 3.32. The number of aliphatic hydroxyl groups is 1. The Hall–Kier alpha value is -3.52. The number of hydrogen-bond acceptors (Lipinski definition) is 6. The van der Waals surface area contributed by atoms with Crippen molar-refractivity contribution in [3.63, 3.8) is 0 Å². The van der Waals surface area contributed by atoms with E-state index in [0.717, 1.165) is 27.8 Å². The first kappa shape index (κ1) is 21.0. The lowest BCUT2D eigenvalue weighted by Gasteiger charge is -2.36. The number of morpholine rings is 1. The molecular formula is C27H24N2O5. The molecule has 2 saturated heterocycles. The minimum atomic E-state index is -0.898. The fourth-order valence-corrected chi connectivity index (χ4v) is 4.48. The van der Waals surface area contributed by atoms with Gasteiger partial charge in [-0.1, -0.05) is 36.4 Å². The van der Waals surface area contributed by atoms with E-state index in [0.29, 0.717) is 56.4 Å². The summed E-state index contributed by atoms with van der Waals surface area (Å²) in [5.74, 6) is 0.702. The number of carbonyl (C=O) groups excluding carboxylic acids is 1. The van der Waals surface area contributed by atoms with E-state index in [1.165, 1.54) is 0 Å². The van der Waals surface area contributed by atoms with Gasteiger partial charge in [-0.2, -0.15) is 0 Å². The first-order valence-corrected chi connectivity index (χ1v) is 11.4. The molecule has 0 aliphatic carbocycles. The van der Waals surface area contributed by atoms with Gasteiger partial charge >= 0.3 is 0 Å². The molecule has 2 aliphatic heterocycles. The second-order valence-electron chi connectivity index (χ2n) is 8.77. The summed E-state index contributed by atoms with van der Waals surface area (Å²) in [4.78, 5) is 19.3. The van der Waals surface area contributed by atoms with Crippen molar-refractivity contribution in [2.45, 2.75) is 5.60 Å². The molecule has 2 aromatic carbocycles. The van der Waals surface area contributed by atoms with Gasteiger partial charge in [-0.25, -0.2) is 0 Å². The number of benzene rings is 2. The second-order valence-corrected chi connectivity index (χ2v) is 8.77. The van der Waals surface area contributed by atoms with Gasteiger partial charge in [0.15, 0.2) is 5.58 Å². The molecule has 0 bridgehead atoms.